The molecular formula is C48H36N4. The summed E-state index contributed by atoms with van der Waals surface area (Å²) in [6.07, 6.45) is 3.81. The second kappa shape index (κ2) is 12.3. The van der Waals surface area contributed by atoms with E-state index in [1.165, 1.54) is 22.3 Å². The van der Waals surface area contributed by atoms with Crippen LogP contribution in [0.3, 0.4) is 0 Å². The van der Waals surface area contributed by atoms with Gasteiger partial charge >= 0.3 is 0 Å². The molecule has 2 heterocycles. The van der Waals surface area contributed by atoms with Crippen LogP contribution in [-0.4, -0.2) is 19.5 Å². The third kappa shape index (κ3) is 4.79. The molecule has 0 amide bonds. The first-order valence-electron chi connectivity index (χ1n) is 17.6. The third-order valence-corrected chi connectivity index (χ3v) is 10.5. The fourth-order valence-corrected chi connectivity index (χ4v) is 8.06. The number of benzene rings is 6. The van der Waals surface area contributed by atoms with E-state index in [1.54, 1.807) is 0 Å². The number of para-hydroxylation sites is 1. The Balaban J connectivity index is 1.48. The van der Waals surface area contributed by atoms with Crippen molar-refractivity contribution in [3.63, 3.8) is 0 Å². The van der Waals surface area contributed by atoms with Crippen molar-refractivity contribution < 1.29 is 0 Å². The Labute approximate surface area is 303 Å². The molecule has 0 fully saturated rings. The molecule has 0 unspecified atom stereocenters. The van der Waals surface area contributed by atoms with Crippen LogP contribution in [0.1, 0.15) is 36.2 Å². The molecule has 9 rings (SSSR count). The van der Waals surface area contributed by atoms with Gasteiger partial charge in [-0.3, -0.25) is 4.57 Å². The van der Waals surface area contributed by atoms with Gasteiger partial charge in [0, 0.05) is 27.5 Å². The van der Waals surface area contributed by atoms with Gasteiger partial charge in [0.15, 0.2) is 11.6 Å². The zero-order valence-corrected chi connectivity index (χ0v) is 29.2. The van der Waals surface area contributed by atoms with Crippen molar-refractivity contribution in [3.8, 4) is 39.9 Å². The Kier molecular flexibility index (Phi) is 7.41. The Hall–Kier alpha value is -6.65. The highest BCUT2D eigenvalue weighted by atomic mass is 15.2. The van der Waals surface area contributed by atoms with Gasteiger partial charge < -0.3 is 0 Å². The quantitative estimate of drug-likeness (QED) is 0.183. The van der Waals surface area contributed by atoms with Gasteiger partial charge in [0.25, 0.3) is 0 Å². The molecule has 1 aliphatic rings. The summed E-state index contributed by atoms with van der Waals surface area (Å²) in [6, 6.07) is 50.9. The summed E-state index contributed by atoms with van der Waals surface area (Å²) >= 11 is 0. The van der Waals surface area contributed by atoms with E-state index in [4.69, 9.17) is 15.0 Å². The number of rotatable bonds is 5. The summed E-state index contributed by atoms with van der Waals surface area (Å²) in [5.41, 5.74) is 9.32. The second-order valence-corrected chi connectivity index (χ2v) is 13.7. The van der Waals surface area contributed by atoms with Crippen molar-refractivity contribution >= 4 is 44.6 Å². The molecular weight excluding hydrogens is 633 g/mol. The lowest BCUT2D eigenvalue weighted by molar-refractivity contribution is 0.660. The van der Waals surface area contributed by atoms with E-state index in [2.05, 4.69) is 159 Å². The standard InChI is InChI=1S/C48H36N4/c1-5-32-33-21-10-11-22-34(33)35-23-12-13-24-36(35)37-25-15-17-30-43(37)52(42(32)6-2)47-50-45(31-19-8-7-9-20-31)49-46(51-47)39-27-18-29-41-44(39)38-26-14-16-28-40(38)48(41,3)4/h5-30H,1-2H2,3-4H3. The van der Waals surface area contributed by atoms with Crippen LogP contribution in [0.25, 0.3) is 84.5 Å². The van der Waals surface area contributed by atoms with Crippen LogP contribution < -0.4 is 0 Å². The Morgan fingerprint density at radius 3 is 1.79 bits per heavy atom. The van der Waals surface area contributed by atoms with E-state index in [9.17, 15) is 0 Å². The number of hydrogen-bond donors (Lipinski definition) is 0. The van der Waals surface area contributed by atoms with Gasteiger partial charge in [0.2, 0.25) is 5.95 Å². The van der Waals surface area contributed by atoms with Crippen LogP contribution in [0.4, 0.5) is 0 Å². The molecule has 4 nitrogen and oxygen atoms in total. The molecule has 4 heteroatoms. The molecule has 52 heavy (non-hydrogen) atoms. The molecule has 0 saturated heterocycles. The van der Waals surface area contributed by atoms with Crippen molar-refractivity contribution in [1.29, 1.82) is 0 Å². The molecule has 0 N–H and O–H groups in total. The fraction of sp³-hybridized carbons (Fsp3) is 0.0625. The van der Waals surface area contributed by atoms with Gasteiger partial charge in [-0.2, -0.15) is 9.97 Å². The predicted molar refractivity (Wildman–Crippen MR) is 218 cm³/mol. The number of aromatic nitrogens is 4. The summed E-state index contributed by atoms with van der Waals surface area (Å²) in [4.78, 5) is 15.9. The first kappa shape index (κ1) is 31.3. The third-order valence-electron chi connectivity index (χ3n) is 10.5. The van der Waals surface area contributed by atoms with Crippen LogP contribution in [0.2, 0.25) is 0 Å². The lowest BCUT2D eigenvalue weighted by Crippen LogP contribution is -2.14. The van der Waals surface area contributed by atoms with Crippen LogP contribution >= 0.6 is 0 Å². The Morgan fingerprint density at radius 1 is 0.500 bits per heavy atom. The maximum atomic E-state index is 5.42. The van der Waals surface area contributed by atoms with Crippen molar-refractivity contribution in [3.05, 3.63) is 181 Å². The van der Waals surface area contributed by atoms with Crippen LogP contribution in [0.5, 0.6) is 0 Å². The van der Waals surface area contributed by atoms with Gasteiger partial charge in [-0.1, -0.05) is 173 Å². The second-order valence-electron chi connectivity index (χ2n) is 13.7. The zero-order valence-electron chi connectivity index (χ0n) is 29.2. The monoisotopic (exact) mass is 668 g/mol. The Morgan fingerprint density at radius 2 is 1.06 bits per heavy atom. The average molecular weight is 669 g/mol. The molecule has 0 saturated carbocycles. The molecule has 0 spiro atoms. The minimum Gasteiger partial charge on any atom is -0.278 e. The van der Waals surface area contributed by atoms with Crippen molar-refractivity contribution in [2.45, 2.75) is 19.3 Å². The molecule has 0 bridgehead atoms. The fourth-order valence-electron chi connectivity index (χ4n) is 8.06. The summed E-state index contributed by atoms with van der Waals surface area (Å²) in [6.45, 7) is 13.3. The highest BCUT2D eigenvalue weighted by molar-refractivity contribution is 6.15. The van der Waals surface area contributed by atoms with Crippen LogP contribution in [0.15, 0.2) is 159 Å². The molecule has 248 valence electrons. The van der Waals surface area contributed by atoms with Gasteiger partial charge in [-0.05, 0) is 55.9 Å². The molecule has 2 aromatic heterocycles. The maximum absolute atomic E-state index is 5.42. The van der Waals surface area contributed by atoms with Crippen molar-refractivity contribution in [2.24, 2.45) is 0 Å². The van der Waals surface area contributed by atoms with E-state index in [-0.39, 0.29) is 5.41 Å². The lowest BCUT2D eigenvalue weighted by atomic mass is 9.82. The Bertz CT molecular complexity index is 2810. The summed E-state index contributed by atoms with van der Waals surface area (Å²) in [5.74, 6) is 1.69. The highest BCUT2D eigenvalue weighted by Gasteiger charge is 2.37. The van der Waals surface area contributed by atoms with Gasteiger partial charge in [-0.15, -0.1) is 0 Å². The van der Waals surface area contributed by atoms with Gasteiger partial charge in [-0.25, -0.2) is 4.98 Å². The normalized spacial score (nSPS) is 12.7. The zero-order chi connectivity index (χ0) is 35.4. The first-order valence-corrected chi connectivity index (χ1v) is 17.6. The van der Waals surface area contributed by atoms with E-state index >= 15 is 0 Å². The number of nitrogens with zero attached hydrogens (tertiary/aromatic N) is 4. The first-order chi connectivity index (χ1) is 25.5. The van der Waals surface area contributed by atoms with E-state index < -0.39 is 0 Å². The number of fused-ring (bicyclic) bond motifs is 8. The lowest BCUT2D eigenvalue weighted by Gasteiger charge is -2.21. The minimum atomic E-state index is -0.168. The molecule has 6 aromatic carbocycles. The molecule has 0 radical (unpaired) electrons. The van der Waals surface area contributed by atoms with Crippen LogP contribution in [-0.2, 0) is 5.41 Å². The van der Waals surface area contributed by atoms with Gasteiger partial charge in [0.1, 0.15) is 0 Å². The highest BCUT2D eigenvalue weighted by Crippen LogP contribution is 2.51. The number of hydrogen-bond acceptors (Lipinski definition) is 3. The molecule has 0 atom stereocenters. The molecule has 1 aliphatic carbocycles. The van der Waals surface area contributed by atoms with Crippen molar-refractivity contribution in [2.75, 3.05) is 0 Å². The predicted octanol–water partition coefficient (Wildman–Crippen LogP) is 12.2. The maximum Gasteiger partial charge on any atom is 0.238 e. The molecule has 0 aliphatic heterocycles. The topological polar surface area (TPSA) is 43.6 Å². The summed E-state index contributed by atoms with van der Waals surface area (Å²) in [7, 11) is 0. The average Bonchev–Trinajstić information content (AvgIpc) is 3.46. The van der Waals surface area contributed by atoms with Crippen molar-refractivity contribution in [1.82, 2.24) is 19.5 Å². The van der Waals surface area contributed by atoms with E-state index in [0.29, 0.717) is 17.6 Å². The van der Waals surface area contributed by atoms with Gasteiger partial charge in [0.05, 0.1) is 11.2 Å². The minimum absolute atomic E-state index is 0.168. The SMILES string of the molecule is C=Cc1c(C=C)n(-c2nc(-c3ccccc3)nc(-c3cccc4c3-c3ccccc3C4(C)C)n2)c2ccccc2c2ccccc2c2ccccc12. The summed E-state index contributed by atoms with van der Waals surface area (Å²) in [5, 5.41) is 5.47. The van der Waals surface area contributed by atoms with E-state index in [1.807, 2.05) is 30.4 Å². The summed E-state index contributed by atoms with van der Waals surface area (Å²) < 4.78 is 2.14. The van der Waals surface area contributed by atoms with E-state index in [0.717, 1.165) is 54.8 Å². The smallest absolute Gasteiger partial charge is 0.238 e. The molecule has 8 aromatic rings. The largest absolute Gasteiger partial charge is 0.278 e. The van der Waals surface area contributed by atoms with Crippen LogP contribution in [0, 0.1) is 0 Å².